The summed E-state index contributed by atoms with van der Waals surface area (Å²) in [6.07, 6.45) is 2.71. The third kappa shape index (κ3) is 5.82. The highest BCUT2D eigenvalue weighted by molar-refractivity contribution is 7.13. The fourth-order valence-electron chi connectivity index (χ4n) is 3.47. The lowest BCUT2D eigenvalue weighted by Gasteiger charge is -2.23. The molecule has 2 heterocycles. The van der Waals surface area contributed by atoms with Gasteiger partial charge in [-0.25, -0.2) is 9.48 Å². The van der Waals surface area contributed by atoms with Gasteiger partial charge in [0.15, 0.2) is 0 Å². The lowest BCUT2D eigenvalue weighted by Crippen LogP contribution is -2.35. The van der Waals surface area contributed by atoms with Crippen molar-refractivity contribution in [2.24, 2.45) is 0 Å². The summed E-state index contributed by atoms with van der Waals surface area (Å²) in [5.41, 5.74) is 3.39. The van der Waals surface area contributed by atoms with Crippen molar-refractivity contribution in [3.8, 4) is 16.3 Å². The number of methoxy groups -OCH3 is 1. The predicted molar refractivity (Wildman–Crippen MR) is 134 cm³/mol. The number of halogens is 1. The number of urea groups is 1. The van der Waals surface area contributed by atoms with E-state index in [0.29, 0.717) is 36.8 Å². The molecule has 0 atom stereocenters. The number of para-hydroxylation sites is 2. The number of carbonyl (C=O) groups is 1. The van der Waals surface area contributed by atoms with Crippen LogP contribution in [0.25, 0.3) is 16.3 Å². The van der Waals surface area contributed by atoms with Gasteiger partial charge < -0.3 is 15.0 Å². The van der Waals surface area contributed by atoms with Crippen molar-refractivity contribution >= 4 is 34.7 Å². The molecule has 170 valence electrons. The Hall–Kier alpha value is -3.13. The van der Waals surface area contributed by atoms with Crippen molar-refractivity contribution in [1.82, 2.24) is 14.7 Å². The number of carbonyl (C=O) groups excluding carboxylic acids is 1. The van der Waals surface area contributed by atoms with Crippen molar-refractivity contribution in [1.29, 1.82) is 0 Å². The summed E-state index contributed by atoms with van der Waals surface area (Å²) >= 11 is 7.89. The molecule has 0 bridgehead atoms. The monoisotopic (exact) mass is 480 g/mol. The molecular weight excluding hydrogens is 456 g/mol. The standard InChI is InChI=1S/C25H25ClN4O2S/c1-32-15-8-14-29(25(31)27-22-12-6-5-11-21(22)26)17-19-18-30(20-9-3-2-4-10-20)28-24(19)23-13-7-16-33-23/h2-7,9-13,16,18H,8,14-15,17H2,1H3,(H,27,31). The van der Waals surface area contributed by atoms with Gasteiger partial charge in [0.25, 0.3) is 0 Å². The normalized spacial score (nSPS) is 10.8. The average Bonchev–Trinajstić information content (AvgIpc) is 3.51. The first-order valence-corrected chi connectivity index (χ1v) is 11.9. The predicted octanol–water partition coefficient (Wildman–Crippen LogP) is 6.32. The van der Waals surface area contributed by atoms with Crippen LogP contribution in [0.4, 0.5) is 10.5 Å². The van der Waals surface area contributed by atoms with Crippen LogP contribution in [-0.4, -0.2) is 41.0 Å². The van der Waals surface area contributed by atoms with E-state index in [1.807, 2.05) is 70.9 Å². The molecule has 0 fully saturated rings. The van der Waals surface area contributed by atoms with E-state index in [1.54, 1.807) is 35.5 Å². The molecule has 4 rings (SSSR count). The fraction of sp³-hybridized carbons (Fsp3) is 0.200. The third-order valence-corrected chi connectivity index (χ3v) is 6.31. The number of amides is 2. The Bertz CT molecular complexity index is 1180. The summed E-state index contributed by atoms with van der Waals surface area (Å²) in [6.45, 7) is 1.50. The summed E-state index contributed by atoms with van der Waals surface area (Å²) in [5, 5.41) is 10.3. The lowest BCUT2D eigenvalue weighted by molar-refractivity contribution is 0.172. The second-order valence-corrected chi connectivity index (χ2v) is 8.79. The van der Waals surface area contributed by atoms with Crippen LogP contribution in [0.5, 0.6) is 0 Å². The third-order valence-electron chi connectivity index (χ3n) is 5.11. The molecule has 2 amide bonds. The minimum atomic E-state index is -0.219. The summed E-state index contributed by atoms with van der Waals surface area (Å²) < 4.78 is 7.07. The molecule has 0 aliphatic heterocycles. The number of benzene rings is 2. The molecule has 2 aromatic carbocycles. The number of thiophene rings is 1. The topological polar surface area (TPSA) is 59.4 Å². The smallest absolute Gasteiger partial charge is 0.322 e. The molecular formula is C25H25ClN4O2S. The first-order valence-electron chi connectivity index (χ1n) is 10.6. The summed E-state index contributed by atoms with van der Waals surface area (Å²) in [6, 6.07) is 21.0. The molecule has 33 heavy (non-hydrogen) atoms. The van der Waals surface area contributed by atoms with E-state index in [0.717, 1.165) is 21.8 Å². The summed E-state index contributed by atoms with van der Waals surface area (Å²) in [4.78, 5) is 16.1. The number of hydrogen-bond acceptors (Lipinski definition) is 4. The quantitative estimate of drug-likeness (QED) is 0.285. The zero-order valence-corrected chi connectivity index (χ0v) is 19.9. The molecule has 4 aromatic rings. The van der Waals surface area contributed by atoms with Gasteiger partial charge in [-0.3, -0.25) is 0 Å². The van der Waals surface area contributed by atoms with E-state index in [4.69, 9.17) is 21.4 Å². The number of anilines is 1. The van der Waals surface area contributed by atoms with Gasteiger partial charge in [-0.15, -0.1) is 11.3 Å². The lowest BCUT2D eigenvalue weighted by atomic mass is 10.2. The van der Waals surface area contributed by atoms with Crippen LogP contribution in [0.3, 0.4) is 0 Å². The van der Waals surface area contributed by atoms with Crippen molar-refractivity contribution in [2.45, 2.75) is 13.0 Å². The van der Waals surface area contributed by atoms with E-state index in [1.165, 1.54) is 0 Å². The number of nitrogens with one attached hydrogen (secondary N) is 1. The van der Waals surface area contributed by atoms with Gasteiger partial charge >= 0.3 is 6.03 Å². The molecule has 0 radical (unpaired) electrons. The summed E-state index contributed by atoms with van der Waals surface area (Å²) in [7, 11) is 1.66. The van der Waals surface area contributed by atoms with Crippen LogP contribution in [-0.2, 0) is 11.3 Å². The first-order chi connectivity index (χ1) is 16.2. The minimum absolute atomic E-state index is 0.219. The average molecular weight is 481 g/mol. The molecule has 0 aliphatic carbocycles. The number of aromatic nitrogens is 2. The maximum Gasteiger partial charge on any atom is 0.322 e. The Kier molecular flexibility index (Phi) is 7.78. The van der Waals surface area contributed by atoms with Crippen molar-refractivity contribution in [3.05, 3.63) is 88.9 Å². The molecule has 1 N–H and O–H groups in total. The highest BCUT2D eigenvalue weighted by Gasteiger charge is 2.20. The second-order valence-electron chi connectivity index (χ2n) is 7.44. The molecule has 0 saturated carbocycles. The minimum Gasteiger partial charge on any atom is -0.385 e. The van der Waals surface area contributed by atoms with E-state index in [-0.39, 0.29) is 6.03 Å². The maximum atomic E-state index is 13.2. The zero-order chi connectivity index (χ0) is 23.0. The highest BCUT2D eigenvalue weighted by atomic mass is 35.5. The van der Waals surface area contributed by atoms with Gasteiger partial charge in [0.2, 0.25) is 0 Å². The van der Waals surface area contributed by atoms with Gasteiger partial charge in [0.05, 0.1) is 27.8 Å². The zero-order valence-electron chi connectivity index (χ0n) is 18.3. The molecule has 0 spiro atoms. The molecule has 8 heteroatoms. The maximum absolute atomic E-state index is 13.2. The Morgan fingerprint density at radius 3 is 2.64 bits per heavy atom. The van der Waals surface area contributed by atoms with Crippen LogP contribution in [0, 0.1) is 0 Å². The number of ether oxygens (including phenoxy) is 1. The van der Waals surface area contributed by atoms with Crippen LogP contribution in [0.2, 0.25) is 5.02 Å². The fourth-order valence-corrected chi connectivity index (χ4v) is 4.40. The Balaban J connectivity index is 1.63. The van der Waals surface area contributed by atoms with Crippen molar-refractivity contribution < 1.29 is 9.53 Å². The Morgan fingerprint density at radius 2 is 1.91 bits per heavy atom. The van der Waals surface area contributed by atoms with Crippen LogP contribution < -0.4 is 5.32 Å². The van der Waals surface area contributed by atoms with E-state index >= 15 is 0 Å². The molecule has 6 nitrogen and oxygen atoms in total. The Morgan fingerprint density at radius 1 is 1.12 bits per heavy atom. The van der Waals surface area contributed by atoms with Gasteiger partial charge in [0.1, 0.15) is 5.69 Å². The Labute approximate surface area is 202 Å². The number of rotatable bonds is 9. The molecule has 0 saturated heterocycles. The van der Waals surface area contributed by atoms with E-state index < -0.39 is 0 Å². The van der Waals surface area contributed by atoms with Crippen LogP contribution in [0.15, 0.2) is 78.3 Å². The number of nitrogens with zero attached hydrogens (tertiary/aromatic N) is 3. The van der Waals surface area contributed by atoms with Gasteiger partial charge in [0, 0.05) is 32.0 Å². The van der Waals surface area contributed by atoms with Gasteiger partial charge in [-0.05, 0) is 42.1 Å². The molecule has 0 aliphatic rings. The SMILES string of the molecule is COCCCN(Cc1cn(-c2ccccc2)nc1-c1cccs1)C(=O)Nc1ccccc1Cl. The van der Waals surface area contributed by atoms with E-state index in [9.17, 15) is 4.79 Å². The second kappa shape index (κ2) is 11.1. The van der Waals surface area contributed by atoms with Crippen LogP contribution in [0.1, 0.15) is 12.0 Å². The van der Waals surface area contributed by atoms with Crippen molar-refractivity contribution in [2.75, 3.05) is 25.6 Å². The molecule has 0 unspecified atom stereocenters. The largest absolute Gasteiger partial charge is 0.385 e. The molecule has 2 aromatic heterocycles. The van der Waals surface area contributed by atoms with Gasteiger partial charge in [-0.2, -0.15) is 5.10 Å². The van der Waals surface area contributed by atoms with Crippen molar-refractivity contribution in [3.63, 3.8) is 0 Å². The van der Waals surface area contributed by atoms with Gasteiger partial charge in [-0.1, -0.05) is 48.0 Å². The summed E-state index contributed by atoms with van der Waals surface area (Å²) in [5.74, 6) is 0. The van der Waals surface area contributed by atoms with Crippen LogP contribution >= 0.6 is 22.9 Å². The highest BCUT2D eigenvalue weighted by Crippen LogP contribution is 2.29. The first kappa shape index (κ1) is 23.0. The van der Waals surface area contributed by atoms with E-state index in [2.05, 4.69) is 5.32 Å². The number of hydrogen-bond donors (Lipinski definition) is 1.